The van der Waals surface area contributed by atoms with E-state index in [-0.39, 0.29) is 0 Å². The van der Waals surface area contributed by atoms with Crippen molar-refractivity contribution in [2.24, 2.45) is 0 Å². The molecule has 1 aliphatic heterocycles. The molecule has 7 nitrogen and oxygen atoms in total. The van der Waals surface area contributed by atoms with Gasteiger partial charge in [0, 0.05) is 7.11 Å². The normalized spacial score (nSPS) is 22.3. The van der Waals surface area contributed by atoms with Crippen LogP contribution in [0.5, 0.6) is 5.75 Å². The van der Waals surface area contributed by atoms with Gasteiger partial charge in [-0.25, -0.2) is 5.01 Å². The molecule has 18 heavy (non-hydrogen) atoms. The van der Waals surface area contributed by atoms with Gasteiger partial charge in [0.05, 0.1) is 12.8 Å². The third-order valence-corrected chi connectivity index (χ3v) is 2.70. The van der Waals surface area contributed by atoms with Crippen molar-refractivity contribution >= 4 is 11.6 Å². The van der Waals surface area contributed by atoms with Gasteiger partial charge in [0.25, 0.3) is 5.79 Å². The number of carbonyl (C=O) groups excluding carboxylic acids is 1. The predicted molar refractivity (Wildman–Crippen MR) is 61.6 cm³/mol. The Kier molecular flexibility index (Phi) is 3.22. The number of methoxy groups -OCH3 is 2. The molecule has 1 aromatic carbocycles. The molecule has 3 N–H and O–H groups in total. The lowest BCUT2D eigenvalue weighted by atomic mass is 10.2. The van der Waals surface area contributed by atoms with E-state index >= 15 is 0 Å². The lowest BCUT2D eigenvalue weighted by Crippen LogP contribution is -2.47. The van der Waals surface area contributed by atoms with Gasteiger partial charge >= 0.3 is 5.91 Å². The van der Waals surface area contributed by atoms with Crippen molar-refractivity contribution in [3.8, 4) is 5.75 Å². The highest BCUT2D eigenvalue weighted by atomic mass is 16.6. The molecule has 98 valence electrons. The van der Waals surface area contributed by atoms with E-state index in [1.54, 1.807) is 24.3 Å². The third kappa shape index (κ3) is 1.93. The second-order valence-electron chi connectivity index (χ2n) is 3.81. The fourth-order valence-electron chi connectivity index (χ4n) is 1.68. The first-order valence-corrected chi connectivity index (χ1v) is 5.23. The minimum atomic E-state index is -2.59. The summed E-state index contributed by atoms with van der Waals surface area (Å²) in [6, 6.07) is 6.53. The van der Waals surface area contributed by atoms with Crippen LogP contribution in [-0.2, 0) is 9.53 Å². The largest absolute Gasteiger partial charge is 0.497 e. The topological polar surface area (TPSA) is 91.3 Å². The fourth-order valence-corrected chi connectivity index (χ4v) is 1.68. The van der Waals surface area contributed by atoms with Crippen molar-refractivity contribution in [2.75, 3.05) is 19.2 Å². The van der Waals surface area contributed by atoms with Crippen molar-refractivity contribution in [1.82, 2.24) is 5.43 Å². The van der Waals surface area contributed by atoms with Crippen LogP contribution in [0.3, 0.4) is 0 Å². The lowest BCUT2D eigenvalue weighted by Gasteiger charge is -2.17. The molecule has 1 unspecified atom stereocenters. The zero-order valence-electron chi connectivity index (χ0n) is 9.95. The molecular weight excluding hydrogens is 240 g/mol. The zero-order valence-corrected chi connectivity index (χ0v) is 9.95. The van der Waals surface area contributed by atoms with E-state index in [0.29, 0.717) is 11.4 Å². The summed E-state index contributed by atoms with van der Waals surface area (Å²) in [5.74, 6) is -2.86. The van der Waals surface area contributed by atoms with Crippen molar-refractivity contribution in [2.45, 2.75) is 12.0 Å². The van der Waals surface area contributed by atoms with E-state index in [1.165, 1.54) is 14.2 Å². The number of hydrogen-bond donors (Lipinski definition) is 3. The SMILES string of the molecule is COc1ccc(N2NC(OC)C(O)(O)C2=O)cc1. The van der Waals surface area contributed by atoms with Gasteiger partial charge in [-0.1, -0.05) is 0 Å². The molecule has 1 fully saturated rings. The van der Waals surface area contributed by atoms with Crippen molar-refractivity contribution in [3.63, 3.8) is 0 Å². The first-order valence-electron chi connectivity index (χ1n) is 5.23. The highest BCUT2D eigenvalue weighted by molar-refractivity contribution is 6.00. The molecule has 0 aromatic heterocycles. The van der Waals surface area contributed by atoms with E-state index in [4.69, 9.17) is 9.47 Å². The third-order valence-electron chi connectivity index (χ3n) is 2.70. The Morgan fingerprint density at radius 2 is 1.89 bits per heavy atom. The van der Waals surface area contributed by atoms with Gasteiger partial charge in [-0.05, 0) is 24.3 Å². The first kappa shape index (κ1) is 12.8. The summed E-state index contributed by atoms with van der Waals surface area (Å²) in [6.07, 6.45) is -1.22. The molecule has 1 aliphatic rings. The van der Waals surface area contributed by atoms with Crippen LogP contribution >= 0.6 is 0 Å². The number of nitrogens with zero attached hydrogens (tertiary/aromatic N) is 1. The highest BCUT2D eigenvalue weighted by Crippen LogP contribution is 2.26. The van der Waals surface area contributed by atoms with Crippen LogP contribution in [0.2, 0.25) is 0 Å². The molecule has 0 radical (unpaired) electrons. The van der Waals surface area contributed by atoms with Gasteiger partial charge in [-0.3, -0.25) is 4.79 Å². The number of ether oxygens (including phenoxy) is 2. The Morgan fingerprint density at radius 3 is 2.33 bits per heavy atom. The molecule has 1 atom stereocenters. The Bertz CT molecular complexity index is 445. The van der Waals surface area contributed by atoms with Crippen LogP contribution in [0.1, 0.15) is 0 Å². The molecule has 1 aromatic rings. The maximum Gasteiger partial charge on any atom is 0.305 e. The number of hydrogen-bond acceptors (Lipinski definition) is 6. The summed E-state index contributed by atoms with van der Waals surface area (Å²) in [4.78, 5) is 11.8. The smallest absolute Gasteiger partial charge is 0.305 e. The molecule has 0 saturated carbocycles. The van der Waals surface area contributed by atoms with Gasteiger partial charge in [0.1, 0.15) is 5.75 Å². The second kappa shape index (κ2) is 4.54. The molecule has 1 amide bonds. The summed E-state index contributed by atoms with van der Waals surface area (Å²) in [6.45, 7) is 0. The van der Waals surface area contributed by atoms with Gasteiger partial charge in [-0.15, -0.1) is 0 Å². The highest BCUT2D eigenvalue weighted by Gasteiger charge is 2.53. The number of nitrogens with one attached hydrogen (secondary N) is 1. The fraction of sp³-hybridized carbons (Fsp3) is 0.364. The van der Waals surface area contributed by atoms with E-state index in [2.05, 4.69) is 5.43 Å². The number of carbonyl (C=O) groups is 1. The quantitative estimate of drug-likeness (QED) is 0.612. The Balaban J connectivity index is 2.26. The number of benzene rings is 1. The van der Waals surface area contributed by atoms with Crippen molar-refractivity contribution in [1.29, 1.82) is 0 Å². The molecule has 0 aliphatic carbocycles. The molecular formula is C11H14N2O5. The van der Waals surface area contributed by atoms with Crippen LogP contribution in [0.25, 0.3) is 0 Å². The lowest BCUT2D eigenvalue weighted by molar-refractivity contribution is -0.214. The number of amides is 1. The Hall–Kier alpha value is -1.67. The maximum atomic E-state index is 11.8. The van der Waals surface area contributed by atoms with Crippen LogP contribution in [0.15, 0.2) is 24.3 Å². The first-order chi connectivity index (χ1) is 8.50. The minimum absolute atomic E-state index is 0.452. The molecule has 1 saturated heterocycles. The number of aliphatic hydroxyl groups is 2. The molecule has 0 bridgehead atoms. The second-order valence-corrected chi connectivity index (χ2v) is 3.81. The van der Waals surface area contributed by atoms with E-state index in [0.717, 1.165) is 5.01 Å². The Morgan fingerprint density at radius 1 is 1.28 bits per heavy atom. The van der Waals surface area contributed by atoms with Crippen LogP contribution in [-0.4, -0.2) is 42.4 Å². The Labute approximate surface area is 104 Å². The van der Waals surface area contributed by atoms with Crippen molar-refractivity contribution < 1.29 is 24.5 Å². The van der Waals surface area contributed by atoms with E-state index in [9.17, 15) is 15.0 Å². The van der Waals surface area contributed by atoms with Crippen molar-refractivity contribution in [3.05, 3.63) is 24.3 Å². The predicted octanol–water partition coefficient (Wildman–Crippen LogP) is -0.800. The summed E-state index contributed by atoms with van der Waals surface area (Å²) in [5, 5.41) is 20.2. The molecule has 7 heteroatoms. The summed E-state index contributed by atoms with van der Waals surface area (Å²) < 4.78 is 9.79. The monoisotopic (exact) mass is 254 g/mol. The number of rotatable bonds is 3. The van der Waals surface area contributed by atoms with E-state index in [1.807, 2.05) is 0 Å². The summed E-state index contributed by atoms with van der Waals surface area (Å²) in [5.41, 5.74) is 3.01. The summed E-state index contributed by atoms with van der Waals surface area (Å²) in [7, 11) is 2.80. The van der Waals surface area contributed by atoms with Gasteiger partial charge in [0.15, 0.2) is 6.23 Å². The van der Waals surface area contributed by atoms with Gasteiger partial charge < -0.3 is 19.7 Å². The average Bonchev–Trinajstić information content (AvgIpc) is 2.61. The van der Waals surface area contributed by atoms with Crippen LogP contribution in [0.4, 0.5) is 5.69 Å². The van der Waals surface area contributed by atoms with Crippen LogP contribution in [0, 0.1) is 0 Å². The minimum Gasteiger partial charge on any atom is -0.497 e. The molecule has 2 rings (SSSR count). The zero-order chi connectivity index (χ0) is 13.3. The number of hydrazine groups is 1. The molecule has 0 spiro atoms. The average molecular weight is 254 g/mol. The summed E-state index contributed by atoms with van der Waals surface area (Å²) >= 11 is 0. The van der Waals surface area contributed by atoms with Gasteiger partial charge in [-0.2, -0.15) is 5.43 Å². The molecule has 1 heterocycles. The van der Waals surface area contributed by atoms with Crippen LogP contribution < -0.4 is 15.2 Å². The van der Waals surface area contributed by atoms with Gasteiger partial charge in [0.2, 0.25) is 0 Å². The standard InChI is InChI=1S/C11H14N2O5/c1-17-8-5-3-7(4-6-8)13-10(14)11(15,16)9(12-13)18-2/h3-6,9,12,15-16H,1-2H3. The number of anilines is 1. The maximum absolute atomic E-state index is 11.8. The van der Waals surface area contributed by atoms with E-state index < -0.39 is 17.9 Å².